The maximum absolute atomic E-state index is 12.8. The first kappa shape index (κ1) is 20.2. The Morgan fingerprint density at radius 3 is 2.39 bits per heavy atom. The number of rotatable bonds is 6. The number of halogens is 1. The van der Waals surface area contributed by atoms with Gasteiger partial charge in [-0.1, -0.05) is 31.0 Å². The summed E-state index contributed by atoms with van der Waals surface area (Å²) in [6.07, 6.45) is 2.39. The molecule has 2 amide bonds. The highest BCUT2D eigenvalue weighted by Crippen LogP contribution is 2.21. The van der Waals surface area contributed by atoms with Crippen LogP contribution >= 0.6 is 11.6 Å². The Bertz CT molecular complexity index is 815. The number of benzene rings is 2. The van der Waals surface area contributed by atoms with Crippen LogP contribution in [0.4, 0.5) is 11.4 Å². The van der Waals surface area contributed by atoms with E-state index in [2.05, 4.69) is 17.1 Å². The zero-order valence-electron chi connectivity index (χ0n) is 16.2. The van der Waals surface area contributed by atoms with E-state index in [-0.39, 0.29) is 11.8 Å². The fraction of sp³-hybridized carbons (Fsp3) is 0.364. The monoisotopic (exact) mass is 399 g/mol. The van der Waals surface area contributed by atoms with Crippen LogP contribution in [0.15, 0.2) is 48.5 Å². The molecule has 28 heavy (non-hydrogen) atoms. The molecule has 0 bridgehead atoms. The van der Waals surface area contributed by atoms with Crippen LogP contribution in [0.3, 0.4) is 0 Å². The number of anilines is 2. The molecular formula is C22H26ClN3O2. The van der Waals surface area contributed by atoms with E-state index in [1.807, 2.05) is 29.2 Å². The van der Waals surface area contributed by atoms with Crippen LogP contribution in [0, 0.1) is 0 Å². The van der Waals surface area contributed by atoms with Crippen LogP contribution in [0.5, 0.6) is 0 Å². The summed E-state index contributed by atoms with van der Waals surface area (Å²) in [5, 5.41) is 3.59. The lowest BCUT2D eigenvalue weighted by Crippen LogP contribution is -2.48. The number of amides is 2. The average molecular weight is 400 g/mol. The molecule has 0 spiro atoms. The van der Waals surface area contributed by atoms with Gasteiger partial charge >= 0.3 is 0 Å². The van der Waals surface area contributed by atoms with Gasteiger partial charge in [-0.05, 0) is 48.9 Å². The highest BCUT2D eigenvalue weighted by atomic mass is 35.5. The Morgan fingerprint density at radius 2 is 1.75 bits per heavy atom. The molecule has 0 aromatic heterocycles. The molecule has 0 radical (unpaired) electrons. The minimum absolute atomic E-state index is 0.0121. The molecule has 0 unspecified atom stereocenters. The van der Waals surface area contributed by atoms with Gasteiger partial charge in [0.05, 0.1) is 0 Å². The largest absolute Gasteiger partial charge is 0.368 e. The van der Waals surface area contributed by atoms with Gasteiger partial charge in [0.25, 0.3) is 5.91 Å². The van der Waals surface area contributed by atoms with Gasteiger partial charge in [0.2, 0.25) is 5.91 Å². The van der Waals surface area contributed by atoms with Gasteiger partial charge < -0.3 is 15.1 Å². The second kappa shape index (κ2) is 9.60. The number of piperazine rings is 1. The first-order chi connectivity index (χ1) is 13.6. The summed E-state index contributed by atoms with van der Waals surface area (Å²) in [6.45, 7) is 4.94. The lowest BCUT2D eigenvalue weighted by Gasteiger charge is -2.36. The minimum Gasteiger partial charge on any atom is -0.368 e. The minimum atomic E-state index is 0.0121. The number of hydrogen-bond donors (Lipinski definition) is 1. The Hall–Kier alpha value is -2.53. The Morgan fingerprint density at radius 1 is 1.04 bits per heavy atom. The van der Waals surface area contributed by atoms with Crippen LogP contribution in [-0.4, -0.2) is 42.9 Å². The number of carbonyl (C=O) groups is 2. The lowest BCUT2D eigenvalue weighted by atomic mass is 10.1. The lowest BCUT2D eigenvalue weighted by molar-refractivity contribution is -0.116. The topological polar surface area (TPSA) is 52.7 Å². The Labute approximate surface area is 171 Å². The average Bonchev–Trinajstić information content (AvgIpc) is 2.72. The van der Waals surface area contributed by atoms with Crippen molar-refractivity contribution in [2.45, 2.75) is 26.2 Å². The second-order valence-electron chi connectivity index (χ2n) is 6.99. The molecule has 1 saturated heterocycles. The van der Waals surface area contributed by atoms with Gasteiger partial charge in [-0.15, -0.1) is 0 Å². The van der Waals surface area contributed by atoms with Crippen LogP contribution in [0.25, 0.3) is 0 Å². The Kier molecular flexibility index (Phi) is 6.93. The summed E-state index contributed by atoms with van der Waals surface area (Å²) < 4.78 is 0. The molecule has 1 heterocycles. The molecule has 2 aromatic rings. The highest BCUT2D eigenvalue weighted by molar-refractivity contribution is 6.30. The summed E-state index contributed by atoms with van der Waals surface area (Å²) in [4.78, 5) is 28.7. The van der Waals surface area contributed by atoms with Crippen molar-refractivity contribution in [2.75, 3.05) is 36.4 Å². The van der Waals surface area contributed by atoms with Crippen molar-refractivity contribution >= 4 is 34.8 Å². The van der Waals surface area contributed by atoms with E-state index in [9.17, 15) is 9.59 Å². The third-order valence-corrected chi connectivity index (χ3v) is 5.15. The zero-order chi connectivity index (χ0) is 19.9. The van der Waals surface area contributed by atoms with Crippen LogP contribution < -0.4 is 10.2 Å². The van der Waals surface area contributed by atoms with Gasteiger partial charge in [-0.2, -0.15) is 0 Å². The molecule has 0 aliphatic carbocycles. The fourth-order valence-electron chi connectivity index (χ4n) is 3.28. The smallest absolute Gasteiger partial charge is 0.253 e. The first-order valence-corrected chi connectivity index (χ1v) is 10.1. The van der Waals surface area contributed by atoms with Crippen molar-refractivity contribution in [2.24, 2.45) is 0 Å². The van der Waals surface area contributed by atoms with E-state index in [1.165, 1.54) is 0 Å². The highest BCUT2D eigenvalue weighted by Gasteiger charge is 2.22. The van der Waals surface area contributed by atoms with E-state index < -0.39 is 0 Å². The van der Waals surface area contributed by atoms with Crippen molar-refractivity contribution in [3.8, 4) is 0 Å². The molecule has 3 rings (SSSR count). The van der Waals surface area contributed by atoms with Gasteiger partial charge in [0.1, 0.15) is 0 Å². The maximum atomic E-state index is 12.8. The summed E-state index contributed by atoms with van der Waals surface area (Å²) in [7, 11) is 0. The van der Waals surface area contributed by atoms with Crippen LogP contribution in [0.1, 0.15) is 36.5 Å². The normalized spacial score (nSPS) is 14.1. The summed E-state index contributed by atoms with van der Waals surface area (Å²) in [5.41, 5.74) is 2.45. The van der Waals surface area contributed by atoms with E-state index in [1.54, 1.807) is 24.3 Å². The Balaban J connectivity index is 1.54. The first-order valence-electron chi connectivity index (χ1n) is 9.76. The molecule has 1 fully saturated rings. The molecule has 6 heteroatoms. The maximum Gasteiger partial charge on any atom is 0.253 e. The zero-order valence-corrected chi connectivity index (χ0v) is 16.9. The van der Waals surface area contributed by atoms with Crippen molar-refractivity contribution < 1.29 is 9.59 Å². The molecular weight excluding hydrogens is 374 g/mol. The SMILES string of the molecule is CCCCC(=O)Nc1ccc(C(=O)N2CCN(c3cccc(Cl)c3)CC2)cc1. The molecule has 1 aliphatic heterocycles. The van der Waals surface area contributed by atoms with E-state index in [0.717, 1.165) is 42.3 Å². The van der Waals surface area contributed by atoms with Crippen molar-refractivity contribution in [3.05, 3.63) is 59.1 Å². The van der Waals surface area contributed by atoms with Crippen molar-refractivity contribution in [3.63, 3.8) is 0 Å². The number of carbonyl (C=O) groups excluding carboxylic acids is 2. The van der Waals surface area contributed by atoms with Crippen LogP contribution in [-0.2, 0) is 4.79 Å². The van der Waals surface area contributed by atoms with Crippen molar-refractivity contribution in [1.29, 1.82) is 0 Å². The fourth-order valence-corrected chi connectivity index (χ4v) is 3.46. The second-order valence-corrected chi connectivity index (χ2v) is 7.42. The van der Waals surface area contributed by atoms with E-state index in [0.29, 0.717) is 25.1 Å². The van der Waals surface area contributed by atoms with Crippen LogP contribution in [0.2, 0.25) is 5.02 Å². The predicted octanol–water partition coefficient (Wildman–Crippen LogP) is 4.43. The summed E-state index contributed by atoms with van der Waals surface area (Å²) >= 11 is 6.07. The number of unbranched alkanes of at least 4 members (excludes halogenated alkanes) is 1. The quantitative estimate of drug-likeness (QED) is 0.781. The van der Waals surface area contributed by atoms with E-state index in [4.69, 9.17) is 11.6 Å². The molecule has 0 saturated carbocycles. The van der Waals surface area contributed by atoms with Gasteiger partial charge in [0.15, 0.2) is 0 Å². The third kappa shape index (κ3) is 5.26. The number of hydrogen-bond acceptors (Lipinski definition) is 3. The van der Waals surface area contributed by atoms with Gasteiger partial charge in [-0.3, -0.25) is 9.59 Å². The van der Waals surface area contributed by atoms with Gasteiger partial charge in [0, 0.05) is 54.6 Å². The molecule has 2 aromatic carbocycles. The third-order valence-electron chi connectivity index (χ3n) is 4.91. The molecule has 0 atom stereocenters. The summed E-state index contributed by atoms with van der Waals surface area (Å²) in [6, 6.07) is 14.9. The number of nitrogens with one attached hydrogen (secondary N) is 1. The van der Waals surface area contributed by atoms with Crippen molar-refractivity contribution in [1.82, 2.24) is 4.90 Å². The predicted molar refractivity (Wildman–Crippen MR) is 114 cm³/mol. The molecule has 5 nitrogen and oxygen atoms in total. The standard InChI is InChI=1S/C22H26ClN3O2/c1-2-3-7-21(27)24-19-10-8-17(9-11-19)22(28)26-14-12-25(13-15-26)20-6-4-5-18(23)16-20/h4-6,8-11,16H,2-3,7,12-15H2,1H3,(H,24,27). The van der Waals surface area contributed by atoms with E-state index >= 15 is 0 Å². The number of nitrogens with zero attached hydrogens (tertiary/aromatic N) is 2. The molecule has 1 aliphatic rings. The molecule has 1 N–H and O–H groups in total. The van der Waals surface area contributed by atoms with Gasteiger partial charge in [-0.25, -0.2) is 0 Å². The molecule has 148 valence electrons. The summed E-state index contributed by atoms with van der Waals surface area (Å²) in [5.74, 6) is 0.0349.